The molecule has 0 saturated heterocycles. The fourth-order valence-electron chi connectivity index (χ4n) is 0.844. The lowest BCUT2D eigenvalue weighted by Crippen LogP contribution is -1.87. The van der Waals surface area contributed by atoms with Crippen LogP contribution in [0.15, 0.2) is 26.2 Å². The van der Waals surface area contributed by atoms with E-state index in [1.165, 1.54) is 6.21 Å². The van der Waals surface area contributed by atoms with Gasteiger partial charge in [-0.05, 0) is 28.1 Å². The van der Waals surface area contributed by atoms with Crippen LogP contribution in [-0.4, -0.2) is 17.9 Å². The molecule has 1 aromatic carbocycles. The molecule has 0 radical (unpaired) electrons. The Hall–Kier alpha value is -1.06. The lowest BCUT2D eigenvalue weighted by molar-refractivity contribution is 0.180. The predicted octanol–water partition coefficient (Wildman–Crippen LogP) is 2.79. The molecular formula is C9H6Br2N2O2. The minimum absolute atomic E-state index is 0.0718. The minimum Gasteiger partial charge on any atom is -0.506 e. The molecule has 0 saturated carbocycles. The second-order valence-corrected chi connectivity index (χ2v) is 4.26. The second kappa shape index (κ2) is 5.73. The van der Waals surface area contributed by atoms with E-state index in [-0.39, 0.29) is 12.4 Å². The minimum atomic E-state index is -0.119. The number of benzene rings is 1. The molecule has 0 aromatic heterocycles. The summed E-state index contributed by atoms with van der Waals surface area (Å²) in [5, 5.41) is 21.3. The van der Waals surface area contributed by atoms with E-state index in [2.05, 4.69) is 41.9 Å². The first-order valence-corrected chi connectivity index (χ1v) is 5.44. The van der Waals surface area contributed by atoms with E-state index >= 15 is 0 Å². The molecule has 0 amide bonds. The average molecular weight is 334 g/mol. The van der Waals surface area contributed by atoms with Gasteiger partial charge in [-0.3, -0.25) is 0 Å². The van der Waals surface area contributed by atoms with Gasteiger partial charge in [-0.1, -0.05) is 21.1 Å². The van der Waals surface area contributed by atoms with Gasteiger partial charge < -0.3 is 9.94 Å². The molecule has 0 spiro atoms. The molecule has 0 aliphatic heterocycles. The molecule has 0 atom stereocenters. The molecule has 0 bridgehead atoms. The Balaban J connectivity index is 2.86. The van der Waals surface area contributed by atoms with Crippen LogP contribution in [-0.2, 0) is 4.84 Å². The topological polar surface area (TPSA) is 65.6 Å². The van der Waals surface area contributed by atoms with Gasteiger partial charge in [0.25, 0.3) is 0 Å². The van der Waals surface area contributed by atoms with Crippen molar-refractivity contribution in [2.75, 3.05) is 6.61 Å². The zero-order chi connectivity index (χ0) is 11.3. The van der Waals surface area contributed by atoms with Crippen molar-refractivity contribution in [1.82, 2.24) is 0 Å². The molecule has 0 aliphatic rings. The summed E-state index contributed by atoms with van der Waals surface area (Å²) in [5.41, 5.74) is 0.495. The Labute approximate surface area is 103 Å². The van der Waals surface area contributed by atoms with E-state index in [4.69, 9.17) is 5.26 Å². The normalized spacial score (nSPS) is 10.2. The molecule has 1 N–H and O–H groups in total. The van der Waals surface area contributed by atoms with Crippen molar-refractivity contribution in [3.8, 4) is 11.8 Å². The highest BCUT2D eigenvalue weighted by Gasteiger charge is 2.05. The Morgan fingerprint density at radius 3 is 2.93 bits per heavy atom. The van der Waals surface area contributed by atoms with Crippen molar-refractivity contribution < 1.29 is 9.94 Å². The van der Waals surface area contributed by atoms with Gasteiger partial charge >= 0.3 is 0 Å². The van der Waals surface area contributed by atoms with Crippen LogP contribution in [0.4, 0.5) is 0 Å². The smallest absolute Gasteiger partial charge is 0.202 e. The summed E-state index contributed by atoms with van der Waals surface area (Å²) in [6, 6.07) is 5.17. The van der Waals surface area contributed by atoms with Crippen molar-refractivity contribution in [3.63, 3.8) is 0 Å². The summed E-state index contributed by atoms with van der Waals surface area (Å²) in [6.45, 7) is -0.119. The van der Waals surface area contributed by atoms with E-state index in [9.17, 15) is 5.11 Å². The number of hydrogen-bond acceptors (Lipinski definition) is 4. The highest BCUT2D eigenvalue weighted by atomic mass is 79.9. The number of phenolic OH excluding ortho intramolecular Hbond substituents is 1. The summed E-state index contributed by atoms with van der Waals surface area (Å²) in [4.78, 5) is 4.59. The van der Waals surface area contributed by atoms with Gasteiger partial charge in [0.2, 0.25) is 6.61 Å². The first-order chi connectivity index (χ1) is 7.15. The fourth-order valence-corrected chi connectivity index (χ4v) is 2.10. The summed E-state index contributed by atoms with van der Waals surface area (Å²) >= 11 is 6.46. The first-order valence-electron chi connectivity index (χ1n) is 3.85. The molecule has 15 heavy (non-hydrogen) atoms. The molecule has 1 aromatic rings. The predicted molar refractivity (Wildman–Crippen MR) is 62.7 cm³/mol. The maximum Gasteiger partial charge on any atom is 0.202 e. The Morgan fingerprint density at radius 1 is 1.53 bits per heavy atom. The molecule has 0 aliphatic carbocycles. The number of halogens is 2. The molecule has 0 unspecified atom stereocenters. The number of rotatable bonds is 3. The van der Waals surface area contributed by atoms with Gasteiger partial charge in [-0.25, -0.2) is 0 Å². The van der Waals surface area contributed by atoms with Crippen molar-refractivity contribution in [3.05, 3.63) is 26.6 Å². The van der Waals surface area contributed by atoms with Crippen LogP contribution < -0.4 is 0 Å². The first kappa shape index (κ1) is 12.0. The van der Waals surface area contributed by atoms with Crippen molar-refractivity contribution in [1.29, 1.82) is 5.26 Å². The second-order valence-electron chi connectivity index (χ2n) is 2.49. The molecule has 0 heterocycles. The molecule has 4 nitrogen and oxygen atoms in total. The van der Waals surface area contributed by atoms with E-state index in [0.717, 1.165) is 4.47 Å². The summed E-state index contributed by atoms with van der Waals surface area (Å²) < 4.78 is 1.35. The van der Waals surface area contributed by atoms with Gasteiger partial charge in [0.15, 0.2) is 0 Å². The van der Waals surface area contributed by atoms with Gasteiger partial charge in [-0.2, -0.15) is 5.26 Å². The Kier molecular flexibility index (Phi) is 4.59. The van der Waals surface area contributed by atoms with Crippen LogP contribution in [0.3, 0.4) is 0 Å². The third kappa shape index (κ3) is 3.53. The Morgan fingerprint density at radius 2 is 2.27 bits per heavy atom. The highest BCUT2D eigenvalue weighted by molar-refractivity contribution is 9.11. The van der Waals surface area contributed by atoms with Crippen LogP contribution >= 0.6 is 31.9 Å². The lowest BCUT2D eigenvalue weighted by Gasteiger charge is -2.02. The number of nitriles is 1. The lowest BCUT2D eigenvalue weighted by atomic mass is 10.2. The fraction of sp³-hybridized carbons (Fsp3) is 0.111. The maximum absolute atomic E-state index is 9.60. The highest BCUT2D eigenvalue weighted by Crippen LogP contribution is 2.30. The number of oxime groups is 1. The molecule has 0 fully saturated rings. The number of hydrogen-bond donors (Lipinski definition) is 1. The summed E-state index contributed by atoms with van der Waals surface area (Å²) in [7, 11) is 0. The van der Waals surface area contributed by atoms with E-state index in [1.807, 2.05) is 0 Å². The maximum atomic E-state index is 9.60. The zero-order valence-electron chi connectivity index (χ0n) is 7.44. The van der Waals surface area contributed by atoms with E-state index in [1.54, 1.807) is 18.2 Å². The van der Waals surface area contributed by atoms with Crippen molar-refractivity contribution in [2.24, 2.45) is 5.16 Å². The number of nitrogens with zero attached hydrogens (tertiary/aromatic N) is 2. The third-order valence-electron chi connectivity index (χ3n) is 1.45. The SMILES string of the molecule is N#CCO/N=C/c1cc(Br)cc(Br)c1O. The van der Waals surface area contributed by atoms with Gasteiger partial charge in [0.1, 0.15) is 11.8 Å². The average Bonchev–Trinajstić information content (AvgIpc) is 2.19. The van der Waals surface area contributed by atoms with Crippen LogP contribution in [0.25, 0.3) is 0 Å². The van der Waals surface area contributed by atoms with Gasteiger partial charge in [-0.15, -0.1) is 0 Å². The molecule has 78 valence electrons. The summed E-state index contributed by atoms with van der Waals surface area (Å²) in [6.07, 6.45) is 1.34. The third-order valence-corrected chi connectivity index (χ3v) is 2.52. The Bertz CT molecular complexity index is 427. The monoisotopic (exact) mass is 332 g/mol. The summed E-state index contributed by atoms with van der Waals surface area (Å²) in [5.74, 6) is 0.0718. The number of aromatic hydroxyl groups is 1. The molecule has 6 heteroatoms. The number of phenols is 1. The van der Waals surface area contributed by atoms with Gasteiger partial charge in [0.05, 0.1) is 10.7 Å². The van der Waals surface area contributed by atoms with Crippen molar-refractivity contribution in [2.45, 2.75) is 0 Å². The molecule has 1 rings (SSSR count). The van der Waals surface area contributed by atoms with E-state index < -0.39 is 0 Å². The van der Waals surface area contributed by atoms with Crippen LogP contribution in [0, 0.1) is 11.3 Å². The molecular weight excluding hydrogens is 328 g/mol. The quantitative estimate of drug-likeness (QED) is 0.525. The van der Waals surface area contributed by atoms with E-state index in [0.29, 0.717) is 10.0 Å². The van der Waals surface area contributed by atoms with Crippen molar-refractivity contribution >= 4 is 38.1 Å². The zero-order valence-corrected chi connectivity index (χ0v) is 10.6. The van der Waals surface area contributed by atoms with Crippen LogP contribution in [0.1, 0.15) is 5.56 Å². The standard InChI is InChI=1S/C9H6Br2N2O2/c10-7-3-6(5-13-15-2-1-12)9(14)8(11)4-7/h3-5,14H,2H2/b13-5+. The van der Waals surface area contributed by atoms with Crippen LogP contribution in [0.5, 0.6) is 5.75 Å². The van der Waals surface area contributed by atoms with Gasteiger partial charge in [0, 0.05) is 10.0 Å². The van der Waals surface area contributed by atoms with Crippen LogP contribution in [0.2, 0.25) is 0 Å². The largest absolute Gasteiger partial charge is 0.506 e.